The van der Waals surface area contributed by atoms with Gasteiger partial charge in [0, 0.05) is 37.7 Å². The van der Waals surface area contributed by atoms with Gasteiger partial charge in [-0.25, -0.2) is 0 Å². The number of aliphatic imine (C=N–C) groups is 1. The van der Waals surface area contributed by atoms with Crippen LogP contribution in [-0.4, -0.2) is 26.2 Å². The summed E-state index contributed by atoms with van der Waals surface area (Å²) >= 11 is 6.22. The molecule has 0 aliphatic carbocycles. The lowest BCUT2D eigenvalue weighted by Gasteiger charge is -2.32. The predicted molar refractivity (Wildman–Crippen MR) is 123 cm³/mol. The van der Waals surface area contributed by atoms with Crippen molar-refractivity contribution in [3.8, 4) is 0 Å². The van der Waals surface area contributed by atoms with E-state index in [0.717, 1.165) is 42.5 Å². The second-order valence-electron chi connectivity index (χ2n) is 6.50. The van der Waals surface area contributed by atoms with E-state index in [4.69, 9.17) is 16.3 Å². The molecule has 0 bridgehead atoms. The number of nitrogens with zero attached hydrogens (tertiary/aromatic N) is 1. The van der Waals surface area contributed by atoms with Crippen molar-refractivity contribution < 1.29 is 4.74 Å². The first kappa shape index (κ1) is 22.0. The lowest BCUT2D eigenvalue weighted by atomic mass is 9.89. The molecule has 2 N–H and O–H groups in total. The van der Waals surface area contributed by atoms with E-state index in [-0.39, 0.29) is 30.1 Å². The molecule has 0 saturated carbocycles. The molecule has 0 aromatic heterocycles. The van der Waals surface area contributed by atoms with Crippen LogP contribution in [0.15, 0.2) is 59.6 Å². The van der Waals surface area contributed by atoms with Crippen LogP contribution < -0.4 is 10.6 Å². The Morgan fingerprint density at radius 1 is 1.11 bits per heavy atom. The molecule has 1 heterocycles. The van der Waals surface area contributed by atoms with Crippen LogP contribution in [0, 0.1) is 5.92 Å². The maximum absolute atomic E-state index is 6.22. The number of guanidine groups is 1. The minimum absolute atomic E-state index is 0. The predicted octanol–water partition coefficient (Wildman–Crippen LogP) is 4.79. The van der Waals surface area contributed by atoms with Crippen molar-refractivity contribution >= 4 is 41.5 Å². The van der Waals surface area contributed by atoms with Gasteiger partial charge in [-0.1, -0.05) is 60.1 Å². The van der Waals surface area contributed by atoms with Gasteiger partial charge in [0.15, 0.2) is 5.96 Å². The van der Waals surface area contributed by atoms with E-state index in [1.54, 1.807) is 7.05 Å². The summed E-state index contributed by atoms with van der Waals surface area (Å²) in [5, 5.41) is 7.54. The van der Waals surface area contributed by atoms with E-state index in [2.05, 4.69) is 39.9 Å². The number of benzene rings is 2. The van der Waals surface area contributed by atoms with Crippen LogP contribution >= 0.6 is 35.6 Å². The number of ether oxygens (including phenoxy) is 1. The summed E-state index contributed by atoms with van der Waals surface area (Å²) in [6.45, 7) is 2.29. The summed E-state index contributed by atoms with van der Waals surface area (Å²) in [7, 11) is 1.79. The van der Waals surface area contributed by atoms with Crippen molar-refractivity contribution in [3.05, 3.63) is 70.7 Å². The van der Waals surface area contributed by atoms with E-state index in [1.165, 1.54) is 5.56 Å². The van der Waals surface area contributed by atoms with Crippen molar-refractivity contribution in [2.45, 2.75) is 25.5 Å². The first-order valence-corrected chi connectivity index (χ1v) is 9.50. The van der Waals surface area contributed by atoms with Crippen LogP contribution in [0.1, 0.15) is 30.1 Å². The third-order valence-electron chi connectivity index (χ3n) is 4.73. The molecular weight excluding hydrogens is 473 g/mol. The highest BCUT2D eigenvalue weighted by molar-refractivity contribution is 14.0. The second kappa shape index (κ2) is 11.5. The Hall–Kier alpha value is -1.31. The Morgan fingerprint density at radius 2 is 1.85 bits per heavy atom. The van der Waals surface area contributed by atoms with Crippen molar-refractivity contribution in [2.24, 2.45) is 10.9 Å². The molecule has 4 nitrogen and oxygen atoms in total. The van der Waals surface area contributed by atoms with Crippen LogP contribution in [0.3, 0.4) is 0 Å². The summed E-state index contributed by atoms with van der Waals surface area (Å²) < 4.78 is 6.07. The van der Waals surface area contributed by atoms with Crippen molar-refractivity contribution in [1.82, 2.24) is 10.6 Å². The number of nitrogens with one attached hydrogen (secondary N) is 2. The fourth-order valence-electron chi connectivity index (χ4n) is 3.33. The molecule has 1 aliphatic rings. The highest BCUT2D eigenvalue weighted by Crippen LogP contribution is 2.33. The van der Waals surface area contributed by atoms with Gasteiger partial charge in [-0.05, 0) is 30.0 Å². The third-order valence-corrected chi connectivity index (χ3v) is 5.10. The monoisotopic (exact) mass is 499 g/mol. The highest BCUT2D eigenvalue weighted by atomic mass is 127. The largest absolute Gasteiger partial charge is 0.373 e. The van der Waals surface area contributed by atoms with E-state index in [9.17, 15) is 0 Å². The molecule has 27 heavy (non-hydrogen) atoms. The minimum Gasteiger partial charge on any atom is -0.373 e. The highest BCUT2D eigenvalue weighted by Gasteiger charge is 2.27. The quantitative estimate of drug-likeness (QED) is 0.353. The molecule has 146 valence electrons. The normalized spacial score (nSPS) is 19.9. The number of halogens is 2. The maximum Gasteiger partial charge on any atom is 0.191 e. The molecule has 0 radical (unpaired) electrons. The van der Waals surface area contributed by atoms with Gasteiger partial charge in [0.05, 0.1) is 6.10 Å². The first-order chi connectivity index (χ1) is 12.8. The van der Waals surface area contributed by atoms with Crippen LogP contribution in [0.25, 0.3) is 0 Å². The standard InChI is InChI=1S/C21H26ClN3O.HI/c1-23-21(24-14-17-10-5-6-12-19(17)22)25-15-18-11-7-13-26-20(18)16-8-3-2-4-9-16;/h2-6,8-10,12,18,20H,7,11,13-15H2,1H3,(H2,23,24,25);1H. The SMILES string of the molecule is CN=C(NCc1ccccc1Cl)NCC1CCCOC1c1ccccc1.I. The topological polar surface area (TPSA) is 45.7 Å². The zero-order valence-corrected chi connectivity index (χ0v) is 18.6. The molecule has 2 unspecified atom stereocenters. The van der Waals surface area contributed by atoms with E-state index in [0.29, 0.717) is 12.5 Å². The molecule has 2 aromatic carbocycles. The molecule has 6 heteroatoms. The Morgan fingerprint density at radius 3 is 2.59 bits per heavy atom. The Kier molecular flexibility index (Phi) is 9.38. The van der Waals surface area contributed by atoms with E-state index in [1.807, 2.05) is 30.3 Å². The average Bonchev–Trinajstić information content (AvgIpc) is 2.70. The van der Waals surface area contributed by atoms with Gasteiger partial charge < -0.3 is 15.4 Å². The second-order valence-corrected chi connectivity index (χ2v) is 6.91. The number of hydrogen-bond acceptors (Lipinski definition) is 2. The van der Waals surface area contributed by atoms with Gasteiger partial charge in [-0.2, -0.15) is 0 Å². The fourth-order valence-corrected chi connectivity index (χ4v) is 3.54. The molecule has 2 atom stereocenters. The first-order valence-electron chi connectivity index (χ1n) is 9.12. The molecular formula is C21H27ClIN3O. The molecule has 3 rings (SSSR count). The van der Waals surface area contributed by atoms with Gasteiger partial charge in [-0.3, -0.25) is 4.99 Å². The van der Waals surface area contributed by atoms with Gasteiger partial charge in [0.1, 0.15) is 0 Å². The van der Waals surface area contributed by atoms with Crippen LogP contribution in [0.2, 0.25) is 5.02 Å². The van der Waals surface area contributed by atoms with Crippen molar-refractivity contribution in [2.75, 3.05) is 20.2 Å². The zero-order valence-electron chi connectivity index (χ0n) is 15.5. The molecule has 0 amide bonds. The fraction of sp³-hybridized carbons (Fsp3) is 0.381. The Balaban J connectivity index is 0.00000261. The maximum atomic E-state index is 6.22. The molecule has 1 fully saturated rings. The third kappa shape index (κ3) is 6.36. The summed E-state index contributed by atoms with van der Waals surface area (Å²) in [6.07, 6.45) is 2.38. The van der Waals surface area contributed by atoms with Gasteiger partial charge >= 0.3 is 0 Å². The lowest BCUT2D eigenvalue weighted by molar-refractivity contribution is -0.0265. The Labute approximate surface area is 183 Å². The van der Waals surface area contributed by atoms with E-state index >= 15 is 0 Å². The smallest absolute Gasteiger partial charge is 0.191 e. The lowest BCUT2D eigenvalue weighted by Crippen LogP contribution is -2.41. The zero-order chi connectivity index (χ0) is 18.2. The number of hydrogen-bond donors (Lipinski definition) is 2. The van der Waals surface area contributed by atoms with Crippen LogP contribution in [-0.2, 0) is 11.3 Å². The van der Waals surface area contributed by atoms with Gasteiger partial charge in [0.25, 0.3) is 0 Å². The Bertz CT molecular complexity index is 726. The summed E-state index contributed by atoms with van der Waals surface area (Å²) in [5.41, 5.74) is 2.30. The van der Waals surface area contributed by atoms with Gasteiger partial charge in [0.2, 0.25) is 0 Å². The number of rotatable bonds is 5. The summed E-state index contributed by atoms with van der Waals surface area (Å²) in [4.78, 5) is 4.33. The molecule has 1 saturated heterocycles. The van der Waals surface area contributed by atoms with Gasteiger partial charge in [-0.15, -0.1) is 24.0 Å². The summed E-state index contributed by atoms with van der Waals surface area (Å²) in [5.74, 6) is 1.20. The van der Waals surface area contributed by atoms with Crippen molar-refractivity contribution in [1.29, 1.82) is 0 Å². The molecule has 2 aromatic rings. The summed E-state index contributed by atoms with van der Waals surface area (Å²) in [6, 6.07) is 18.3. The van der Waals surface area contributed by atoms with Crippen LogP contribution in [0.4, 0.5) is 0 Å². The van der Waals surface area contributed by atoms with Crippen molar-refractivity contribution in [3.63, 3.8) is 0 Å². The molecule has 1 aliphatic heterocycles. The van der Waals surface area contributed by atoms with E-state index < -0.39 is 0 Å². The average molecular weight is 500 g/mol. The minimum atomic E-state index is 0. The van der Waals surface area contributed by atoms with Crippen LogP contribution in [0.5, 0.6) is 0 Å². The molecule has 0 spiro atoms.